The highest BCUT2D eigenvalue weighted by molar-refractivity contribution is 6.30. The molecule has 0 saturated heterocycles. The summed E-state index contributed by atoms with van der Waals surface area (Å²) >= 11 is 5.96. The summed E-state index contributed by atoms with van der Waals surface area (Å²) in [5.41, 5.74) is 1.32. The predicted octanol–water partition coefficient (Wildman–Crippen LogP) is 4.13. The molecule has 0 N–H and O–H groups in total. The Morgan fingerprint density at radius 1 is 1.00 bits per heavy atom. The Morgan fingerprint density at radius 3 is 2.30 bits per heavy atom. The number of ether oxygens (including phenoxy) is 3. The van der Waals surface area contributed by atoms with Crippen molar-refractivity contribution >= 4 is 23.4 Å². The number of halogens is 1. The number of esters is 1. The number of ketones is 1. The molecule has 142 valence electrons. The van der Waals surface area contributed by atoms with Crippen molar-refractivity contribution in [2.45, 2.75) is 12.8 Å². The average molecular weight is 389 g/mol. The second-order valence-electron chi connectivity index (χ2n) is 6.31. The standard InChI is InChI=1S/C21H21ClO5/c1-4-27-21(24)19-17(12-5-7-13(22)8-6-12)18(19)20(23)15-10-9-14(25-2)11-16(15)26-3/h5-11,17-19H,4H2,1-3H3/t17-,18-,19?/m1/s1. The van der Waals surface area contributed by atoms with Gasteiger partial charge in [0.15, 0.2) is 5.78 Å². The van der Waals surface area contributed by atoms with E-state index in [-0.39, 0.29) is 24.3 Å². The van der Waals surface area contributed by atoms with E-state index in [1.54, 1.807) is 44.4 Å². The molecule has 0 spiro atoms. The van der Waals surface area contributed by atoms with E-state index in [1.807, 2.05) is 12.1 Å². The summed E-state index contributed by atoms with van der Waals surface area (Å²) < 4.78 is 15.7. The Bertz CT molecular complexity index is 846. The summed E-state index contributed by atoms with van der Waals surface area (Å²) in [6.45, 7) is 2.02. The molecule has 1 unspecified atom stereocenters. The number of rotatable bonds is 7. The molecule has 5 nitrogen and oxygen atoms in total. The fourth-order valence-electron chi connectivity index (χ4n) is 3.45. The first kappa shape index (κ1) is 19.2. The maximum Gasteiger partial charge on any atom is 0.310 e. The summed E-state index contributed by atoms with van der Waals surface area (Å²) in [6, 6.07) is 12.2. The number of methoxy groups -OCH3 is 2. The van der Waals surface area contributed by atoms with Crippen molar-refractivity contribution in [2.24, 2.45) is 11.8 Å². The lowest BCUT2D eigenvalue weighted by Crippen LogP contribution is -2.12. The third kappa shape index (κ3) is 3.78. The van der Waals surface area contributed by atoms with Gasteiger partial charge >= 0.3 is 5.97 Å². The van der Waals surface area contributed by atoms with Gasteiger partial charge in [0.25, 0.3) is 0 Å². The average Bonchev–Trinajstić information content (AvgIpc) is 3.43. The molecule has 0 bridgehead atoms. The molecule has 2 aromatic carbocycles. The van der Waals surface area contributed by atoms with Gasteiger partial charge in [0.05, 0.1) is 32.3 Å². The smallest absolute Gasteiger partial charge is 0.310 e. The minimum absolute atomic E-state index is 0.146. The van der Waals surface area contributed by atoms with Crippen molar-refractivity contribution in [2.75, 3.05) is 20.8 Å². The Morgan fingerprint density at radius 2 is 1.70 bits per heavy atom. The summed E-state index contributed by atoms with van der Waals surface area (Å²) in [5.74, 6) is -0.728. The minimum Gasteiger partial charge on any atom is -0.497 e. The Balaban J connectivity index is 1.93. The molecule has 1 aliphatic carbocycles. The molecule has 3 rings (SSSR count). The van der Waals surface area contributed by atoms with Crippen molar-refractivity contribution in [3.05, 3.63) is 58.6 Å². The Kier molecular flexibility index (Phi) is 5.71. The molecule has 27 heavy (non-hydrogen) atoms. The zero-order valence-corrected chi connectivity index (χ0v) is 16.2. The van der Waals surface area contributed by atoms with E-state index in [0.717, 1.165) is 5.56 Å². The zero-order chi connectivity index (χ0) is 19.6. The fraction of sp³-hybridized carbons (Fsp3) is 0.333. The van der Waals surface area contributed by atoms with Crippen LogP contribution in [0.3, 0.4) is 0 Å². The van der Waals surface area contributed by atoms with Gasteiger partial charge < -0.3 is 14.2 Å². The maximum absolute atomic E-state index is 13.2. The summed E-state index contributed by atoms with van der Waals surface area (Å²) in [5, 5.41) is 0.604. The normalized spacial score (nSPS) is 20.7. The topological polar surface area (TPSA) is 61.8 Å². The van der Waals surface area contributed by atoms with Crippen LogP contribution in [0.1, 0.15) is 28.8 Å². The van der Waals surface area contributed by atoms with Crippen LogP contribution in [0.25, 0.3) is 0 Å². The summed E-state index contributed by atoms with van der Waals surface area (Å²) in [4.78, 5) is 25.6. The van der Waals surface area contributed by atoms with Gasteiger partial charge in [-0.15, -0.1) is 0 Å². The van der Waals surface area contributed by atoms with Gasteiger partial charge in [-0.05, 0) is 36.8 Å². The molecule has 0 radical (unpaired) electrons. The predicted molar refractivity (Wildman–Crippen MR) is 102 cm³/mol. The first-order valence-corrected chi connectivity index (χ1v) is 9.08. The van der Waals surface area contributed by atoms with Gasteiger partial charge in [0, 0.05) is 22.9 Å². The molecule has 1 aliphatic rings. The third-order valence-corrected chi connectivity index (χ3v) is 5.06. The first-order valence-electron chi connectivity index (χ1n) is 8.70. The number of carbonyl (C=O) groups is 2. The quantitative estimate of drug-likeness (QED) is 0.527. The highest BCUT2D eigenvalue weighted by atomic mass is 35.5. The number of hydrogen-bond donors (Lipinski definition) is 0. The van der Waals surface area contributed by atoms with Crippen LogP contribution in [-0.2, 0) is 9.53 Å². The van der Waals surface area contributed by atoms with E-state index in [0.29, 0.717) is 22.1 Å². The molecule has 1 fully saturated rings. The van der Waals surface area contributed by atoms with E-state index < -0.39 is 11.8 Å². The van der Waals surface area contributed by atoms with E-state index in [1.165, 1.54) is 7.11 Å². The molecule has 1 saturated carbocycles. The van der Waals surface area contributed by atoms with Crippen molar-refractivity contribution in [1.82, 2.24) is 0 Å². The van der Waals surface area contributed by atoms with Gasteiger partial charge in [0.1, 0.15) is 11.5 Å². The van der Waals surface area contributed by atoms with E-state index in [2.05, 4.69) is 0 Å². The fourth-order valence-corrected chi connectivity index (χ4v) is 3.58. The van der Waals surface area contributed by atoms with Crippen LogP contribution in [0.2, 0.25) is 5.02 Å². The monoisotopic (exact) mass is 388 g/mol. The SMILES string of the molecule is CCOC(=O)C1[C@H](C(=O)c2ccc(OC)cc2OC)[C@H]1c1ccc(Cl)cc1. The summed E-state index contributed by atoms with van der Waals surface area (Å²) in [6.07, 6.45) is 0. The number of carbonyl (C=O) groups excluding carboxylic acids is 2. The highest BCUT2D eigenvalue weighted by Crippen LogP contribution is 2.56. The Hall–Kier alpha value is -2.53. The van der Waals surface area contributed by atoms with Crippen molar-refractivity contribution < 1.29 is 23.8 Å². The lowest BCUT2D eigenvalue weighted by molar-refractivity contribution is -0.145. The molecular formula is C21H21ClO5. The van der Waals surface area contributed by atoms with Crippen LogP contribution in [0, 0.1) is 11.8 Å². The molecule has 0 heterocycles. The van der Waals surface area contributed by atoms with Crippen LogP contribution in [0.4, 0.5) is 0 Å². The first-order chi connectivity index (χ1) is 13.0. The molecular weight excluding hydrogens is 368 g/mol. The molecule has 0 aliphatic heterocycles. The van der Waals surface area contributed by atoms with Gasteiger partial charge in [-0.1, -0.05) is 23.7 Å². The lowest BCUT2D eigenvalue weighted by atomic mass is 10.0. The van der Waals surface area contributed by atoms with Gasteiger partial charge in [-0.2, -0.15) is 0 Å². The van der Waals surface area contributed by atoms with Crippen molar-refractivity contribution in [3.8, 4) is 11.5 Å². The van der Waals surface area contributed by atoms with E-state index >= 15 is 0 Å². The Labute approximate surface area is 163 Å². The number of Topliss-reactive ketones (excluding diaryl/α,β-unsaturated/α-hetero) is 1. The van der Waals surface area contributed by atoms with Crippen LogP contribution in [0.15, 0.2) is 42.5 Å². The maximum atomic E-state index is 13.2. The second kappa shape index (κ2) is 8.01. The van der Waals surface area contributed by atoms with Crippen LogP contribution in [0.5, 0.6) is 11.5 Å². The van der Waals surface area contributed by atoms with E-state index in [4.69, 9.17) is 25.8 Å². The lowest BCUT2D eigenvalue weighted by Gasteiger charge is -2.09. The molecule has 0 aromatic heterocycles. The van der Waals surface area contributed by atoms with E-state index in [9.17, 15) is 9.59 Å². The van der Waals surface area contributed by atoms with Crippen molar-refractivity contribution in [1.29, 1.82) is 0 Å². The van der Waals surface area contributed by atoms with Gasteiger partial charge in [0.2, 0.25) is 0 Å². The minimum atomic E-state index is -0.509. The van der Waals surface area contributed by atoms with Crippen LogP contribution in [-0.4, -0.2) is 32.6 Å². The summed E-state index contributed by atoms with van der Waals surface area (Å²) in [7, 11) is 3.04. The van der Waals surface area contributed by atoms with Crippen LogP contribution < -0.4 is 9.47 Å². The number of benzene rings is 2. The third-order valence-electron chi connectivity index (χ3n) is 4.81. The largest absolute Gasteiger partial charge is 0.497 e. The molecule has 6 heteroatoms. The molecule has 3 atom stereocenters. The highest BCUT2D eigenvalue weighted by Gasteiger charge is 2.60. The van der Waals surface area contributed by atoms with Crippen molar-refractivity contribution in [3.63, 3.8) is 0 Å². The zero-order valence-electron chi connectivity index (χ0n) is 15.4. The van der Waals surface area contributed by atoms with Gasteiger partial charge in [-0.25, -0.2) is 0 Å². The second-order valence-corrected chi connectivity index (χ2v) is 6.75. The van der Waals surface area contributed by atoms with Crippen LogP contribution >= 0.6 is 11.6 Å². The molecule has 2 aromatic rings. The van der Waals surface area contributed by atoms with Gasteiger partial charge in [-0.3, -0.25) is 9.59 Å². The molecule has 0 amide bonds. The number of hydrogen-bond acceptors (Lipinski definition) is 5.